The van der Waals surface area contributed by atoms with Gasteiger partial charge in [0.05, 0.1) is 5.69 Å². The van der Waals surface area contributed by atoms with Crippen molar-refractivity contribution >= 4 is 0 Å². The molecule has 3 nitrogen and oxygen atoms in total. The SMILES string of the molecule is Cc1nn(C)c(C2CCCCC2)c1C(O)c1ccc(F)cc1F. The first-order valence-electron chi connectivity index (χ1n) is 8.15. The van der Waals surface area contributed by atoms with Crippen molar-refractivity contribution < 1.29 is 13.9 Å². The minimum atomic E-state index is -1.12. The molecule has 1 saturated carbocycles. The highest BCUT2D eigenvalue weighted by atomic mass is 19.1. The predicted octanol–water partition coefficient (Wildman–Crippen LogP) is 4.14. The molecule has 1 fully saturated rings. The van der Waals surface area contributed by atoms with Crippen LogP contribution in [0.15, 0.2) is 18.2 Å². The highest BCUT2D eigenvalue weighted by Gasteiger charge is 2.29. The van der Waals surface area contributed by atoms with Crippen LogP contribution in [0, 0.1) is 18.6 Å². The molecule has 23 heavy (non-hydrogen) atoms. The Morgan fingerprint density at radius 3 is 2.57 bits per heavy atom. The molecule has 1 unspecified atom stereocenters. The van der Waals surface area contributed by atoms with Gasteiger partial charge in [-0.1, -0.05) is 25.3 Å². The molecule has 1 N–H and O–H groups in total. The summed E-state index contributed by atoms with van der Waals surface area (Å²) in [4.78, 5) is 0. The summed E-state index contributed by atoms with van der Waals surface area (Å²) in [5.41, 5.74) is 2.45. The van der Waals surface area contributed by atoms with Gasteiger partial charge in [-0.05, 0) is 25.8 Å². The van der Waals surface area contributed by atoms with E-state index in [0.717, 1.165) is 37.4 Å². The van der Waals surface area contributed by atoms with Gasteiger partial charge in [0.2, 0.25) is 0 Å². The molecule has 0 aliphatic heterocycles. The van der Waals surface area contributed by atoms with Gasteiger partial charge in [-0.25, -0.2) is 8.78 Å². The van der Waals surface area contributed by atoms with Crippen LogP contribution in [-0.2, 0) is 7.05 Å². The van der Waals surface area contributed by atoms with Crippen LogP contribution in [0.2, 0.25) is 0 Å². The topological polar surface area (TPSA) is 38.0 Å². The van der Waals surface area contributed by atoms with Crippen molar-refractivity contribution in [2.45, 2.75) is 51.0 Å². The minimum Gasteiger partial charge on any atom is -0.383 e. The molecule has 124 valence electrons. The summed E-state index contributed by atoms with van der Waals surface area (Å²) >= 11 is 0. The molecule has 0 saturated heterocycles. The molecule has 0 spiro atoms. The molecule has 0 radical (unpaired) electrons. The third-order valence-corrected chi connectivity index (χ3v) is 4.84. The van der Waals surface area contributed by atoms with Crippen molar-refractivity contribution in [3.8, 4) is 0 Å². The highest BCUT2D eigenvalue weighted by molar-refractivity contribution is 5.38. The number of aryl methyl sites for hydroxylation is 2. The quantitative estimate of drug-likeness (QED) is 0.923. The summed E-state index contributed by atoms with van der Waals surface area (Å²) in [7, 11) is 1.87. The van der Waals surface area contributed by atoms with Crippen LogP contribution in [0.25, 0.3) is 0 Å². The number of hydrogen-bond acceptors (Lipinski definition) is 2. The van der Waals surface area contributed by atoms with E-state index in [0.29, 0.717) is 17.2 Å². The van der Waals surface area contributed by atoms with Crippen LogP contribution in [-0.4, -0.2) is 14.9 Å². The fourth-order valence-electron chi connectivity index (χ4n) is 3.77. The van der Waals surface area contributed by atoms with E-state index in [1.54, 1.807) is 0 Å². The van der Waals surface area contributed by atoms with Gasteiger partial charge in [-0.3, -0.25) is 4.68 Å². The Labute approximate surface area is 134 Å². The molecular formula is C18H22F2N2O. The Hall–Kier alpha value is -1.75. The lowest BCUT2D eigenvalue weighted by atomic mass is 9.83. The van der Waals surface area contributed by atoms with Crippen LogP contribution >= 0.6 is 0 Å². The molecule has 0 bridgehead atoms. The summed E-state index contributed by atoms with van der Waals surface area (Å²) in [5.74, 6) is -1.03. The van der Waals surface area contributed by atoms with Gasteiger partial charge in [-0.15, -0.1) is 0 Å². The highest BCUT2D eigenvalue weighted by Crippen LogP contribution is 2.39. The molecular weight excluding hydrogens is 298 g/mol. The average Bonchev–Trinajstić information content (AvgIpc) is 2.82. The van der Waals surface area contributed by atoms with E-state index in [-0.39, 0.29) is 5.56 Å². The normalized spacial score (nSPS) is 17.4. The number of aliphatic hydroxyl groups is 1. The first-order chi connectivity index (χ1) is 11.0. The van der Waals surface area contributed by atoms with Crippen molar-refractivity contribution in [2.75, 3.05) is 0 Å². The fourth-order valence-corrected chi connectivity index (χ4v) is 3.77. The second kappa shape index (κ2) is 6.40. The van der Waals surface area contributed by atoms with Gasteiger partial charge >= 0.3 is 0 Å². The third-order valence-electron chi connectivity index (χ3n) is 4.84. The smallest absolute Gasteiger partial charge is 0.132 e. The van der Waals surface area contributed by atoms with E-state index in [1.165, 1.54) is 18.6 Å². The van der Waals surface area contributed by atoms with Gasteiger partial charge in [0.25, 0.3) is 0 Å². The zero-order chi connectivity index (χ0) is 16.6. The molecule has 2 aromatic rings. The molecule has 1 heterocycles. The van der Waals surface area contributed by atoms with E-state index in [9.17, 15) is 13.9 Å². The fraction of sp³-hybridized carbons (Fsp3) is 0.500. The van der Waals surface area contributed by atoms with E-state index in [1.807, 2.05) is 18.7 Å². The van der Waals surface area contributed by atoms with Crippen LogP contribution in [0.5, 0.6) is 0 Å². The summed E-state index contributed by atoms with van der Waals surface area (Å²) in [6.07, 6.45) is 4.55. The first-order valence-corrected chi connectivity index (χ1v) is 8.15. The number of rotatable bonds is 3. The number of halogens is 2. The van der Waals surface area contributed by atoms with Gasteiger partial charge in [0.15, 0.2) is 0 Å². The molecule has 5 heteroatoms. The Morgan fingerprint density at radius 2 is 1.91 bits per heavy atom. The van der Waals surface area contributed by atoms with Crippen LogP contribution < -0.4 is 0 Å². The van der Waals surface area contributed by atoms with Crippen molar-refractivity contribution in [1.29, 1.82) is 0 Å². The van der Waals surface area contributed by atoms with E-state index >= 15 is 0 Å². The third kappa shape index (κ3) is 3.02. The van der Waals surface area contributed by atoms with E-state index in [2.05, 4.69) is 5.10 Å². The molecule has 1 aliphatic rings. The zero-order valence-electron chi connectivity index (χ0n) is 13.5. The Balaban J connectivity index is 2.04. The number of hydrogen-bond donors (Lipinski definition) is 1. The second-order valence-electron chi connectivity index (χ2n) is 6.41. The van der Waals surface area contributed by atoms with E-state index < -0.39 is 17.7 Å². The maximum Gasteiger partial charge on any atom is 0.132 e. The zero-order valence-corrected chi connectivity index (χ0v) is 13.5. The lowest BCUT2D eigenvalue weighted by Crippen LogP contribution is -2.14. The maximum atomic E-state index is 14.1. The predicted molar refractivity (Wildman–Crippen MR) is 84.2 cm³/mol. The number of aromatic nitrogens is 2. The average molecular weight is 320 g/mol. The van der Waals surface area contributed by atoms with Gasteiger partial charge < -0.3 is 5.11 Å². The molecule has 1 aliphatic carbocycles. The van der Waals surface area contributed by atoms with Gasteiger partial charge in [-0.2, -0.15) is 5.10 Å². The maximum absolute atomic E-state index is 14.1. The molecule has 0 amide bonds. The lowest BCUT2D eigenvalue weighted by Gasteiger charge is -2.24. The van der Waals surface area contributed by atoms with Crippen molar-refractivity contribution in [3.05, 3.63) is 52.3 Å². The van der Waals surface area contributed by atoms with Crippen LogP contribution in [0.1, 0.15) is 66.6 Å². The first kappa shape index (κ1) is 16.1. The Kier molecular flexibility index (Phi) is 4.48. The van der Waals surface area contributed by atoms with E-state index in [4.69, 9.17) is 0 Å². The molecule has 3 rings (SSSR count). The Morgan fingerprint density at radius 1 is 1.22 bits per heavy atom. The van der Waals surface area contributed by atoms with Gasteiger partial charge in [0.1, 0.15) is 17.7 Å². The summed E-state index contributed by atoms with van der Waals surface area (Å²) in [6.45, 7) is 1.83. The monoisotopic (exact) mass is 320 g/mol. The van der Waals surface area contributed by atoms with Crippen molar-refractivity contribution in [2.24, 2.45) is 7.05 Å². The number of benzene rings is 1. The standard InChI is InChI=1S/C18H22F2N2O/c1-11-16(18(23)14-9-8-13(19)10-15(14)20)17(22(2)21-11)12-6-4-3-5-7-12/h8-10,12,18,23H,3-7H2,1-2H3. The van der Waals surface area contributed by atoms with Gasteiger partial charge in [0, 0.05) is 35.9 Å². The van der Waals surface area contributed by atoms with Crippen LogP contribution in [0.3, 0.4) is 0 Å². The molecule has 1 aromatic heterocycles. The summed E-state index contributed by atoms with van der Waals surface area (Å²) < 4.78 is 29.0. The molecule has 1 aromatic carbocycles. The number of nitrogens with zero attached hydrogens (tertiary/aromatic N) is 2. The lowest BCUT2D eigenvalue weighted by molar-refractivity contribution is 0.211. The summed E-state index contributed by atoms with van der Waals surface area (Å²) in [5, 5.41) is 15.2. The van der Waals surface area contributed by atoms with Crippen LogP contribution in [0.4, 0.5) is 8.78 Å². The summed E-state index contributed by atoms with van der Waals surface area (Å²) in [6, 6.07) is 3.30. The van der Waals surface area contributed by atoms with Crippen molar-refractivity contribution in [1.82, 2.24) is 9.78 Å². The second-order valence-corrected chi connectivity index (χ2v) is 6.41. The molecule has 1 atom stereocenters. The minimum absolute atomic E-state index is 0.0968. The Bertz CT molecular complexity index is 705. The largest absolute Gasteiger partial charge is 0.383 e. The number of aliphatic hydroxyl groups excluding tert-OH is 1. The van der Waals surface area contributed by atoms with Crippen molar-refractivity contribution in [3.63, 3.8) is 0 Å².